The molecule has 3 rings (SSSR count). The molecule has 0 bridgehead atoms. The zero-order valence-electron chi connectivity index (χ0n) is 16.3. The highest BCUT2D eigenvalue weighted by Crippen LogP contribution is 2.34. The Hall–Kier alpha value is -4.12. The van der Waals surface area contributed by atoms with Crippen molar-refractivity contribution in [2.24, 2.45) is 5.10 Å². The highest BCUT2D eigenvalue weighted by Gasteiger charge is 2.21. The van der Waals surface area contributed by atoms with Gasteiger partial charge in [-0.1, -0.05) is 40.2 Å². The predicted octanol–water partition coefficient (Wildman–Crippen LogP) is 4.75. The van der Waals surface area contributed by atoms with Crippen molar-refractivity contribution in [3.8, 4) is 11.5 Å². The average Bonchev–Trinajstić information content (AvgIpc) is 2.75. The van der Waals surface area contributed by atoms with Crippen LogP contribution >= 0.6 is 15.9 Å². The van der Waals surface area contributed by atoms with Gasteiger partial charge in [-0.3, -0.25) is 25.0 Å². The van der Waals surface area contributed by atoms with E-state index in [-0.39, 0.29) is 23.8 Å². The molecular formula is C21H15BrN4O6. The number of carbonyl (C=O) groups excluding carboxylic acids is 1. The highest BCUT2D eigenvalue weighted by atomic mass is 79.9. The lowest BCUT2D eigenvalue weighted by atomic mass is 10.1. The van der Waals surface area contributed by atoms with Crippen LogP contribution in [0.5, 0.6) is 11.5 Å². The first-order chi connectivity index (χ1) is 15.3. The highest BCUT2D eigenvalue weighted by molar-refractivity contribution is 9.10. The molecule has 0 aromatic heterocycles. The molecule has 0 aliphatic heterocycles. The Morgan fingerprint density at radius 1 is 1.03 bits per heavy atom. The van der Waals surface area contributed by atoms with Crippen molar-refractivity contribution >= 4 is 39.4 Å². The van der Waals surface area contributed by atoms with Gasteiger partial charge in [0.15, 0.2) is 0 Å². The van der Waals surface area contributed by atoms with Crippen molar-refractivity contribution in [1.82, 2.24) is 5.43 Å². The molecular weight excluding hydrogens is 484 g/mol. The van der Waals surface area contributed by atoms with E-state index in [2.05, 4.69) is 26.5 Å². The number of nitrogens with one attached hydrogen (secondary N) is 1. The van der Waals surface area contributed by atoms with Crippen LogP contribution in [0.1, 0.15) is 11.1 Å². The van der Waals surface area contributed by atoms with E-state index in [1.807, 2.05) is 24.3 Å². The molecule has 1 amide bonds. The van der Waals surface area contributed by atoms with Crippen LogP contribution in [0.25, 0.3) is 0 Å². The number of ether oxygens (including phenoxy) is 1. The molecule has 0 saturated heterocycles. The molecule has 1 N–H and O–H groups in total. The third kappa shape index (κ3) is 6.19. The molecule has 0 heterocycles. The summed E-state index contributed by atoms with van der Waals surface area (Å²) in [6.45, 7) is 0. The van der Waals surface area contributed by atoms with E-state index in [9.17, 15) is 25.0 Å². The van der Waals surface area contributed by atoms with Crippen molar-refractivity contribution in [3.63, 3.8) is 0 Å². The smallest absolute Gasteiger partial charge is 0.318 e. The van der Waals surface area contributed by atoms with Gasteiger partial charge in [-0.15, -0.1) is 0 Å². The number of nitro groups is 2. The first-order valence-corrected chi connectivity index (χ1v) is 9.88. The Morgan fingerprint density at radius 2 is 1.78 bits per heavy atom. The van der Waals surface area contributed by atoms with E-state index in [1.54, 1.807) is 24.3 Å². The van der Waals surface area contributed by atoms with E-state index in [0.717, 1.165) is 22.2 Å². The number of hydrogen-bond donors (Lipinski definition) is 1. The van der Waals surface area contributed by atoms with Crippen molar-refractivity contribution in [3.05, 3.63) is 103 Å². The molecule has 0 radical (unpaired) electrons. The second-order valence-corrected chi connectivity index (χ2v) is 7.35. The topological polar surface area (TPSA) is 137 Å². The standard InChI is InChI=1S/C21H15BrN4O6/c22-16-6-4-14(5-7-16)11-21(27)24-23-13-15-2-1-3-18(10-15)32-20-9-8-17(25(28)29)12-19(20)26(30)31/h1-10,12-13H,11H2,(H,24,27)/b23-13+. The van der Waals surface area contributed by atoms with Crippen molar-refractivity contribution in [2.45, 2.75) is 6.42 Å². The monoisotopic (exact) mass is 498 g/mol. The lowest BCUT2D eigenvalue weighted by Gasteiger charge is -2.07. The molecule has 11 heteroatoms. The van der Waals surface area contributed by atoms with Gasteiger partial charge >= 0.3 is 5.69 Å². The SMILES string of the molecule is O=C(Cc1ccc(Br)cc1)N/N=C/c1cccc(Oc2ccc([N+](=O)[O-])cc2[N+](=O)[O-])c1. The van der Waals surface area contributed by atoms with Crippen LogP contribution in [-0.2, 0) is 11.2 Å². The Kier molecular flexibility index (Phi) is 7.24. The number of nitrogens with zero attached hydrogens (tertiary/aromatic N) is 3. The number of hydrogen-bond acceptors (Lipinski definition) is 7. The molecule has 32 heavy (non-hydrogen) atoms. The number of nitro benzene ring substituents is 2. The lowest BCUT2D eigenvalue weighted by molar-refractivity contribution is -0.394. The molecule has 0 fully saturated rings. The third-order valence-electron chi connectivity index (χ3n) is 4.12. The first kappa shape index (κ1) is 22.6. The average molecular weight is 499 g/mol. The second kappa shape index (κ2) is 10.3. The minimum Gasteiger partial charge on any atom is -0.450 e. The van der Waals surface area contributed by atoms with Gasteiger partial charge in [0.1, 0.15) is 5.75 Å². The summed E-state index contributed by atoms with van der Waals surface area (Å²) in [6.07, 6.45) is 1.56. The van der Waals surface area contributed by atoms with Crippen LogP contribution in [0.4, 0.5) is 11.4 Å². The van der Waals surface area contributed by atoms with Crippen LogP contribution in [0.2, 0.25) is 0 Å². The van der Waals surface area contributed by atoms with Gasteiger partial charge in [0.25, 0.3) is 5.69 Å². The van der Waals surface area contributed by atoms with Crippen molar-refractivity contribution in [2.75, 3.05) is 0 Å². The number of benzene rings is 3. The largest absolute Gasteiger partial charge is 0.450 e. The number of rotatable bonds is 8. The quantitative estimate of drug-likeness (QED) is 0.270. The summed E-state index contributed by atoms with van der Waals surface area (Å²) < 4.78 is 6.46. The van der Waals surface area contributed by atoms with Crippen LogP contribution < -0.4 is 10.2 Å². The zero-order chi connectivity index (χ0) is 23.1. The molecule has 0 aliphatic rings. The summed E-state index contributed by atoms with van der Waals surface area (Å²) in [5, 5.41) is 26.0. The summed E-state index contributed by atoms with van der Waals surface area (Å²) in [6, 6.07) is 16.9. The number of hydrazone groups is 1. The normalized spacial score (nSPS) is 10.7. The van der Waals surface area contributed by atoms with Gasteiger partial charge < -0.3 is 4.74 Å². The molecule has 0 unspecified atom stereocenters. The Labute approximate surface area is 190 Å². The van der Waals surface area contributed by atoms with Crippen molar-refractivity contribution in [1.29, 1.82) is 0 Å². The first-order valence-electron chi connectivity index (χ1n) is 9.09. The van der Waals surface area contributed by atoms with Gasteiger partial charge in [0, 0.05) is 10.5 Å². The van der Waals surface area contributed by atoms with Crippen LogP contribution in [0.3, 0.4) is 0 Å². The maximum absolute atomic E-state index is 12.0. The number of halogens is 1. The zero-order valence-corrected chi connectivity index (χ0v) is 17.9. The fourth-order valence-electron chi connectivity index (χ4n) is 2.64. The fourth-order valence-corrected chi connectivity index (χ4v) is 2.90. The van der Waals surface area contributed by atoms with Crippen molar-refractivity contribution < 1.29 is 19.4 Å². The predicted molar refractivity (Wildman–Crippen MR) is 120 cm³/mol. The van der Waals surface area contributed by atoms with Crippen LogP contribution in [-0.4, -0.2) is 22.0 Å². The molecule has 3 aromatic rings. The minimum atomic E-state index is -0.755. The molecule has 0 aliphatic carbocycles. The molecule has 162 valence electrons. The summed E-state index contributed by atoms with van der Waals surface area (Å²) >= 11 is 3.33. The molecule has 3 aromatic carbocycles. The second-order valence-electron chi connectivity index (χ2n) is 6.44. The molecule has 0 atom stereocenters. The maximum atomic E-state index is 12.0. The molecule has 0 saturated carbocycles. The number of non-ortho nitro benzene ring substituents is 1. The minimum absolute atomic E-state index is 0.141. The third-order valence-corrected chi connectivity index (χ3v) is 4.65. The van der Waals surface area contributed by atoms with Crippen LogP contribution in [0.15, 0.2) is 76.3 Å². The van der Waals surface area contributed by atoms with E-state index < -0.39 is 21.2 Å². The van der Waals surface area contributed by atoms with E-state index >= 15 is 0 Å². The number of carbonyl (C=O) groups is 1. The summed E-state index contributed by atoms with van der Waals surface area (Å²) in [5.41, 5.74) is 2.89. The number of amides is 1. The van der Waals surface area contributed by atoms with Gasteiger partial charge in [0.05, 0.1) is 28.5 Å². The van der Waals surface area contributed by atoms with Gasteiger partial charge in [0.2, 0.25) is 11.7 Å². The van der Waals surface area contributed by atoms with E-state index in [0.29, 0.717) is 5.56 Å². The Bertz CT molecular complexity index is 1200. The Morgan fingerprint density at radius 3 is 2.47 bits per heavy atom. The van der Waals surface area contributed by atoms with Crippen LogP contribution in [0, 0.1) is 20.2 Å². The fraction of sp³-hybridized carbons (Fsp3) is 0.0476. The molecule has 0 spiro atoms. The summed E-state index contributed by atoms with van der Waals surface area (Å²) in [5.74, 6) is -0.179. The molecule has 10 nitrogen and oxygen atoms in total. The van der Waals surface area contributed by atoms with Gasteiger partial charge in [-0.25, -0.2) is 5.43 Å². The Balaban J connectivity index is 1.66. The van der Waals surface area contributed by atoms with E-state index in [1.165, 1.54) is 12.3 Å². The van der Waals surface area contributed by atoms with Gasteiger partial charge in [-0.05, 0) is 41.5 Å². The maximum Gasteiger partial charge on any atom is 0.318 e. The summed E-state index contributed by atoms with van der Waals surface area (Å²) in [7, 11) is 0. The van der Waals surface area contributed by atoms with E-state index in [4.69, 9.17) is 4.74 Å². The summed E-state index contributed by atoms with van der Waals surface area (Å²) in [4.78, 5) is 32.6. The lowest BCUT2D eigenvalue weighted by Crippen LogP contribution is -2.19. The van der Waals surface area contributed by atoms with Gasteiger partial charge in [-0.2, -0.15) is 5.10 Å².